The average molecular weight is 432 g/mol. The van der Waals surface area contributed by atoms with Gasteiger partial charge >= 0.3 is 0 Å². The molecular weight excluding hydrogens is 402 g/mol. The Morgan fingerprint density at radius 2 is 2.10 bits per heavy atom. The molecule has 1 saturated carbocycles. The zero-order chi connectivity index (χ0) is 20.9. The van der Waals surface area contributed by atoms with Gasteiger partial charge in [0.15, 0.2) is 5.69 Å². The average Bonchev–Trinajstić information content (AvgIpc) is 3.42. The van der Waals surface area contributed by atoms with Gasteiger partial charge in [0.05, 0.1) is 11.1 Å². The lowest BCUT2D eigenvalue weighted by Crippen LogP contribution is -2.43. The van der Waals surface area contributed by atoms with E-state index in [0.717, 1.165) is 68.3 Å². The maximum absolute atomic E-state index is 12.6. The molecule has 1 saturated heterocycles. The van der Waals surface area contributed by atoms with E-state index in [4.69, 9.17) is 20.9 Å². The van der Waals surface area contributed by atoms with Crippen molar-refractivity contribution in [2.45, 2.75) is 51.7 Å². The van der Waals surface area contributed by atoms with Crippen LogP contribution in [0, 0.1) is 5.92 Å². The van der Waals surface area contributed by atoms with Crippen molar-refractivity contribution in [3.8, 4) is 5.75 Å². The van der Waals surface area contributed by atoms with E-state index in [1.165, 1.54) is 19.1 Å². The molecule has 2 heterocycles. The Morgan fingerprint density at radius 3 is 2.80 bits per heavy atom. The molecule has 1 amide bonds. The van der Waals surface area contributed by atoms with Gasteiger partial charge < -0.3 is 14.2 Å². The zero-order valence-corrected chi connectivity index (χ0v) is 18.3. The third-order valence-corrected chi connectivity index (χ3v) is 6.47. The van der Waals surface area contributed by atoms with Crippen molar-refractivity contribution >= 4 is 17.5 Å². The molecule has 2 aliphatic rings. The first-order valence-corrected chi connectivity index (χ1v) is 11.4. The fraction of sp³-hybridized carbons (Fsp3) is 0.565. The molecule has 6 nitrogen and oxygen atoms in total. The van der Waals surface area contributed by atoms with Crippen LogP contribution in [-0.4, -0.2) is 53.1 Å². The van der Waals surface area contributed by atoms with Gasteiger partial charge in [0.1, 0.15) is 12.0 Å². The molecule has 0 atom stereocenters. The van der Waals surface area contributed by atoms with Gasteiger partial charge in [-0.25, -0.2) is 0 Å². The predicted octanol–water partition coefficient (Wildman–Crippen LogP) is 4.63. The van der Waals surface area contributed by atoms with Crippen molar-refractivity contribution in [3.63, 3.8) is 0 Å². The molecule has 0 radical (unpaired) electrons. The summed E-state index contributed by atoms with van der Waals surface area (Å²) in [7, 11) is 0. The van der Waals surface area contributed by atoms with E-state index in [2.05, 4.69) is 23.0 Å². The molecule has 162 valence electrons. The summed E-state index contributed by atoms with van der Waals surface area (Å²) in [4.78, 5) is 16.9. The number of halogens is 1. The fourth-order valence-corrected chi connectivity index (χ4v) is 4.62. The second-order valence-corrected chi connectivity index (χ2v) is 8.80. The van der Waals surface area contributed by atoms with Gasteiger partial charge in [-0.2, -0.15) is 0 Å². The number of carbonyl (C=O) groups excluding carboxylic acids is 1. The van der Waals surface area contributed by atoms with Gasteiger partial charge in [0, 0.05) is 25.7 Å². The lowest BCUT2D eigenvalue weighted by Gasteiger charge is -2.38. The summed E-state index contributed by atoms with van der Waals surface area (Å²) >= 11 is 6.65. The highest BCUT2D eigenvalue weighted by atomic mass is 35.5. The molecule has 2 aromatic rings. The van der Waals surface area contributed by atoms with Gasteiger partial charge in [0.25, 0.3) is 5.91 Å². The topological polar surface area (TPSA) is 58.8 Å². The van der Waals surface area contributed by atoms with Crippen LogP contribution < -0.4 is 4.74 Å². The van der Waals surface area contributed by atoms with Crippen molar-refractivity contribution in [2.24, 2.45) is 5.92 Å². The van der Waals surface area contributed by atoms with Crippen molar-refractivity contribution in [2.75, 3.05) is 26.2 Å². The van der Waals surface area contributed by atoms with Gasteiger partial charge in [-0.15, -0.1) is 0 Å². The molecule has 4 rings (SSSR count). The molecule has 0 spiro atoms. The van der Waals surface area contributed by atoms with E-state index in [-0.39, 0.29) is 12.0 Å². The van der Waals surface area contributed by atoms with Crippen LogP contribution in [0.25, 0.3) is 0 Å². The number of amides is 1. The number of benzene rings is 1. The maximum atomic E-state index is 12.6. The molecule has 0 unspecified atom stereocenters. The monoisotopic (exact) mass is 431 g/mol. The lowest BCUT2D eigenvalue weighted by atomic mass is 9.81. The Bertz CT molecular complexity index is 830. The summed E-state index contributed by atoms with van der Waals surface area (Å²) in [6.07, 6.45) is 6.90. The number of hydrogen-bond donors (Lipinski definition) is 0. The number of rotatable bonds is 9. The standard InChI is InChI=1S/C23H30ClN3O3/c1-2-9-27(23(28)20-8-12-29-25-20)15-17-13-19(14-17)30-21-7-5-6-18(22(21)24)16-26-10-3-4-11-26/h5-8,12,17,19H,2-4,9-11,13-16H2,1H3. The third kappa shape index (κ3) is 4.98. The van der Waals surface area contributed by atoms with E-state index < -0.39 is 0 Å². The van der Waals surface area contributed by atoms with E-state index in [0.29, 0.717) is 11.6 Å². The van der Waals surface area contributed by atoms with E-state index >= 15 is 0 Å². The van der Waals surface area contributed by atoms with Crippen LogP contribution in [0.3, 0.4) is 0 Å². The first-order chi connectivity index (χ1) is 14.6. The van der Waals surface area contributed by atoms with Crippen molar-refractivity contribution < 1.29 is 14.1 Å². The van der Waals surface area contributed by atoms with E-state index in [1.807, 2.05) is 17.0 Å². The smallest absolute Gasteiger partial charge is 0.276 e. The van der Waals surface area contributed by atoms with E-state index in [9.17, 15) is 4.79 Å². The van der Waals surface area contributed by atoms with Gasteiger partial charge in [-0.3, -0.25) is 9.69 Å². The number of aromatic nitrogens is 1. The van der Waals surface area contributed by atoms with Crippen LogP contribution in [0.4, 0.5) is 0 Å². The Kier molecular flexibility index (Phi) is 6.95. The van der Waals surface area contributed by atoms with Crippen molar-refractivity contribution in [3.05, 3.63) is 46.8 Å². The molecule has 1 aromatic carbocycles. The highest BCUT2D eigenvalue weighted by molar-refractivity contribution is 6.32. The van der Waals surface area contributed by atoms with Crippen LogP contribution in [0.1, 0.15) is 55.1 Å². The first kappa shape index (κ1) is 21.2. The van der Waals surface area contributed by atoms with Crippen LogP contribution >= 0.6 is 11.6 Å². The van der Waals surface area contributed by atoms with Crippen LogP contribution in [0.2, 0.25) is 5.02 Å². The van der Waals surface area contributed by atoms with Crippen molar-refractivity contribution in [1.29, 1.82) is 0 Å². The Balaban J connectivity index is 1.29. The van der Waals surface area contributed by atoms with Crippen LogP contribution in [0.15, 0.2) is 35.1 Å². The summed E-state index contributed by atoms with van der Waals surface area (Å²) in [5, 5.41) is 4.52. The lowest BCUT2D eigenvalue weighted by molar-refractivity contribution is 0.0368. The normalized spacial score (nSPS) is 21.4. The summed E-state index contributed by atoms with van der Waals surface area (Å²) < 4.78 is 11.0. The minimum Gasteiger partial charge on any atom is -0.489 e. The largest absolute Gasteiger partial charge is 0.489 e. The minimum atomic E-state index is -0.0624. The quantitative estimate of drug-likeness (QED) is 0.579. The summed E-state index contributed by atoms with van der Waals surface area (Å²) in [6, 6.07) is 7.70. The number of carbonyl (C=O) groups is 1. The predicted molar refractivity (Wildman–Crippen MR) is 116 cm³/mol. The summed E-state index contributed by atoms with van der Waals surface area (Å²) in [5.74, 6) is 1.15. The van der Waals surface area contributed by atoms with E-state index in [1.54, 1.807) is 6.07 Å². The first-order valence-electron chi connectivity index (χ1n) is 11.0. The molecule has 30 heavy (non-hydrogen) atoms. The van der Waals surface area contributed by atoms with Crippen LogP contribution in [-0.2, 0) is 6.54 Å². The molecular formula is C23H30ClN3O3. The molecule has 1 aliphatic carbocycles. The number of ether oxygens (including phenoxy) is 1. The summed E-state index contributed by atoms with van der Waals surface area (Å²) in [5.41, 5.74) is 1.51. The fourth-order valence-electron chi connectivity index (χ4n) is 4.39. The second kappa shape index (κ2) is 9.84. The Labute approximate surface area is 183 Å². The van der Waals surface area contributed by atoms with Gasteiger partial charge in [0.2, 0.25) is 0 Å². The highest BCUT2D eigenvalue weighted by Gasteiger charge is 2.34. The highest BCUT2D eigenvalue weighted by Crippen LogP contribution is 2.36. The SMILES string of the molecule is CCCN(CC1CC(Oc2cccc(CN3CCCC3)c2Cl)C1)C(=O)c1ccon1. The Morgan fingerprint density at radius 1 is 1.30 bits per heavy atom. The molecule has 7 heteroatoms. The Hall–Kier alpha value is -2.05. The third-order valence-electron chi connectivity index (χ3n) is 6.04. The van der Waals surface area contributed by atoms with Crippen LogP contribution in [0.5, 0.6) is 5.75 Å². The summed E-state index contributed by atoms with van der Waals surface area (Å²) in [6.45, 7) is 6.70. The van der Waals surface area contributed by atoms with Gasteiger partial charge in [-0.05, 0) is 62.7 Å². The molecule has 1 aliphatic heterocycles. The zero-order valence-electron chi connectivity index (χ0n) is 17.6. The van der Waals surface area contributed by atoms with Gasteiger partial charge in [-0.1, -0.05) is 35.8 Å². The minimum absolute atomic E-state index is 0.0624. The molecule has 0 bridgehead atoms. The number of likely N-dealkylation sites (tertiary alicyclic amines) is 1. The molecule has 2 fully saturated rings. The molecule has 0 N–H and O–H groups in total. The molecule has 1 aromatic heterocycles. The second-order valence-electron chi connectivity index (χ2n) is 8.43. The van der Waals surface area contributed by atoms with Crippen molar-refractivity contribution in [1.82, 2.24) is 15.0 Å². The number of hydrogen-bond acceptors (Lipinski definition) is 5. The maximum Gasteiger partial charge on any atom is 0.276 e. The number of nitrogens with zero attached hydrogens (tertiary/aromatic N) is 3.